The fourth-order valence-electron chi connectivity index (χ4n) is 3.64. The van der Waals surface area contributed by atoms with Gasteiger partial charge in [0.1, 0.15) is 5.75 Å². The molecule has 1 aliphatic rings. The minimum absolute atomic E-state index is 0.0292. The van der Waals surface area contributed by atoms with E-state index in [0.29, 0.717) is 6.42 Å². The molecule has 1 aromatic carbocycles. The lowest BCUT2D eigenvalue weighted by molar-refractivity contribution is -0.116. The van der Waals surface area contributed by atoms with Gasteiger partial charge < -0.3 is 10.1 Å². The van der Waals surface area contributed by atoms with E-state index in [1.807, 2.05) is 11.6 Å². The van der Waals surface area contributed by atoms with Crippen LogP contribution in [0.3, 0.4) is 0 Å². The number of nitrogens with zero attached hydrogens (tertiary/aromatic N) is 2. The van der Waals surface area contributed by atoms with Crippen molar-refractivity contribution in [1.29, 1.82) is 0 Å². The SMILES string of the molecule is CCCn1nc2c(c1C)C(c1cc(C)c(OC)cc1C)CC(=O)N2. The molecule has 1 N–H and O–H groups in total. The minimum atomic E-state index is 0.0292. The number of benzene rings is 1. The Balaban J connectivity index is 2.14. The van der Waals surface area contributed by atoms with Crippen LogP contribution >= 0.6 is 0 Å². The van der Waals surface area contributed by atoms with Gasteiger partial charge in [-0.25, -0.2) is 0 Å². The third-order valence-corrected chi connectivity index (χ3v) is 4.84. The summed E-state index contributed by atoms with van der Waals surface area (Å²) >= 11 is 0. The summed E-state index contributed by atoms with van der Waals surface area (Å²) in [5.41, 5.74) is 5.71. The van der Waals surface area contributed by atoms with Crippen LogP contribution in [-0.2, 0) is 11.3 Å². The highest BCUT2D eigenvalue weighted by Crippen LogP contribution is 2.41. The van der Waals surface area contributed by atoms with Crippen LogP contribution in [-0.4, -0.2) is 22.8 Å². The second-order valence-electron chi connectivity index (χ2n) is 6.55. The predicted octanol–water partition coefficient (Wildman–Crippen LogP) is 3.70. The van der Waals surface area contributed by atoms with Gasteiger partial charge in [0.25, 0.3) is 0 Å². The quantitative estimate of drug-likeness (QED) is 0.931. The maximum absolute atomic E-state index is 12.2. The number of aromatic nitrogens is 2. The molecule has 5 nitrogen and oxygen atoms in total. The third-order valence-electron chi connectivity index (χ3n) is 4.84. The summed E-state index contributed by atoms with van der Waals surface area (Å²) < 4.78 is 7.43. The standard InChI is InChI=1S/C19H25N3O2/c1-6-7-22-13(4)18-15(10-17(23)20-19(18)21-22)14-8-12(3)16(24-5)9-11(14)2/h8-9,15H,6-7,10H2,1-5H3,(H,20,21,23). The molecule has 1 atom stereocenters. The van der Waals surface area contributed by atoms with E-state index in [9.17, 15) is 4.79 Å². The van der Waals surface area contributed by atoms with Gasteiger partial charge in [-0.3, -0.25) is 9.48 Å². The normalized spacial score (nSPS) is 16.7. The number of anilines is 1. The lowest BCUT2D eigenvalue weighted by atomic mass is 9.83. The number of hydrogen-bond acceptors (Lipinski definition) is 3. The number of fused-ring (bicyclic) bond motifs is 1. The summed E-state index contributed by atoms with van der Waals surface area (Å²) in [4.78, 5) is 12.2. The van der Waals surface area contributed by atoms with E-state index in [1.165, 1.54) is 5.56 Å². The summed E-state index contributed by atoms with van der Waals surface area (Å²) in [6.45, 7) is 9.21. The summed E-state index contributed by atoms with van der Waals surface area (Å²) in [5, 5.41) is 7.55. The monoisotopic (exact) mass is 327 g/mol. The zero-order chi connectivity index (χ0) is 17.4. The Morgan fingerprint density at radius 1 is 1.29 bits per heavy atom. The van der Waals surface area contributed by atoms with Gasteiger partial charge in [0, 0.05) is 30.1 Å². The van der Waals surface area contributed by atoms with Gasteiger partial charge in [0.05, 0.1) is 7.11 Å². The van der Waals surface area contributed by atoms with E-state index in [4.69, 9.17) is 4.74 Å². The first-order valence-corrected chi connectivity index (χ1v) is 8.48. The number of methoxy groups -OCH3 is 1. The topological polar surface area (TPSA) is 56.2 Å². The van der Waals surface area contributed by atoms with Crippen molar-refractivity contribution in [3.8, 4) is 5.75 Å². The van der Waals surface area contributed by atoms with Gasteiger partial charge in [-0.1, -0.05) is 13.0 Å². The Labute approximate surface area is 143 Å². The number of carbonyl (C=O) groups excluding carboxylic acids is 1. The highest BCUT2D eigenvalue weighted by molar-refractivity contribution is 5.94. The molecule has 5 heteroatoms. The van der Waals surface area contributed by atoms with E-state index >= 15 is 0 Å². The number of nitrogens with one attached hydrogen (secondary N) is 1. The van der Waals surface area contributed by atoms with Crippen LogP contribution in [0.15, 0.2) is 12.1 Å². The predicted molar refractivity (Wildman–Crippen MR) is 94.8 cm³/mol. The molecule has 128 valence electrons. The molecule has 1 aromatic heterocycles. The van der Waals surface area contributed by atoms with Crippen LogP contribution in [0.25, 0.3) is 0 Å². The highest BCUT2D eigenvalue weighted by atomic mass is 16.5. The zero-order valence-electron chi connectivity index (χ0n) is 15.1. The zero-order valence-corrected chi connectivity index (χ0v) is 15.1. The molecule has 0 spiro atoms. The largest absolute Gasteiger partial charge is 0.496 e. The maximum atomic E-state index is 12.2. The van der Waals surface area contributed by atoms with Gasteiger partial charge in [-0.2, -0.15) is 5.10 Å². The lowest BCUT2D eigenvalue weighted by Crippen LogP contribution is -2.24. The van der Waals surface area contributed by atoms with Gasteiger partial charge in [-0.15, -0.1) is 0 Å². The number of carbonyl (C=O) groups is 1. The van der Waals surface area contributed by atoms with Crippen molar-refractivity contribution in [3.63, 3.8) is 0 Å². The van der Waals surface area contributed by atoms with E-state index in [2.05, 4.69) is 43.3 Å². The van der Waals surface area contributed by atoms with Crippen LogP contribution in [0, 0.1) is 20.8 Å². The molecule has 24 heavy (non-hydrogen) atoms. The molecule has 0 radical (unpaired) electrons. The van der Waals surface area contributed by atoms with Crippen molar-refractivity contribution in [1.82, 2.24) is 9.78 Å². The lowest BCUT2D eigenvalue weighted by Gasteiger charge is -2.25. The summed E-state index contributed by atoms with van der Waals surface area (Å²) in [5.74, 6) is 1.68. The molecule has 0 saturated heterocycles. The van der Waals surface area contributed by atoms with Crippen LogP contribution in [0.5, 0.6) is 5.75 Å². The number of hydrogen-bond donors (Lipinski definition) is 1. The van der Waals surface area contributed by atoms with Crippen molar-refractivity contribution in [3.05, 3.63) is 40.1 Å². The molecule has 3 rings (SSSR count). The van der Waals surface area contributed by atoms with E-state index in [1.54, 1.807) is 7.11 Å². The van der Waals surface area contributed by atoms with E-state index in [-0.39, 0.29) is 11.8 Å². The van der Waals surface area contributed by atoms with Crippen LogP contribution < -0.4 is 10.1 Å². The average Bonchev–Trinajstić information content (AvgIpc) is 2.85. The molecule has 0 aliphatic carbocycles. The first-order valence-electron chi connectivity index (χ1n) is 8.48. The van der Waals surface area contributed by atoms with Gasteiger partial charge >= 0.3 is 0 Å². The highest BCUT2D eigenvalue weighted by Gasteiger charge is 2.32. The summed E-state index contributed by atoms with van der Waals surface area (Å²) in [6.07, 6.45) is 1.47. The second-order valence-corrected chi connectivity index (χ2v) is 6.55. The first kappa shape index (κ1) is 16.6. The average molecular weight is 327 g/mol. The second kappa shape index (κ2) is 6.30. The number of amides is 1. The Morgan fingerprint density at radius 3 is 2.71 bits per heavy atom. The molecular weight excluding hydrogens is 302 g/mol. The third kappa shape index (κ3) is 2.68. The molecule has 2 heterocycles. The van der Waals surface area contributed by atoms with E-state index < -0.39 is 0 Å². The van der Waals surface area contributed by atoms with Crippen LogP contribution in [0.4, 0.5) is 5.82 Å². The van der Waals surface area contributed by atoms with Crippen molar-refractivity contribution in [2.24, 2.45) is 0 Å². The number of ether oxygens (including phenoxy) is 1. The van der Waals surface area contributed by atoms with Crippen molar-refractivity contribution < 1.29 is 9.53 Å². The number of aryl methyl sites for hydroxylation is 3. The van der Waals surface area contributed by atoms with Gasteiger partial charge in [-0.05, 0) is 49.9 Å². The van der Waals surface area contributed by atoms with Crippen molar-refractivity contribution in [2.75, 3.05) is 12.4 Å². The molecule has 0 saturated carbocycles. The molecule has 0 fully saturated rings. The molecule has 0 bridgehead atoms. The number of rotatable bonds is 4. The van der Waals surface area contributed by atoms with Gasteiger partial charge in [0.2, 0.25) is 5.91 Å². The fourth-order valence-corrected chi connectivity index (χ4v) is 3.64. The molecule has 1 unspecified atom stereocenters. The first-order chi connectivity index (χ1) is 11.5. The Hall–Kier alpha value is -2.30. The fraction of sp³-hybridized carbons (Fsp3) is 0.474. The van der Waals surface area contributed by atoms with Crippen molar-refractivity contribution in [2.45, 2.75) is 53.0 Å². The summed E-state index contributed by atoms with van der Waals surface area (Å²) in [6, 6.07) is 4.21. The Kier molecular flexibility index (Phi) is 4.35. The van der Waals surface area contributed by atoms with Crippen LogP contribution in [0.2, 0.25) is 0 Å². The molecule has 1 amide bonds. The Morgan fingerprint density at radius 2 is 2.04 bits per heavy atom. The van der Waals surface area contributed by atoms with Gasteiger partial charge in [0.15, 0.2) is 5.82 Å². The van der Waals surface area contributed by atoms with Crippen molar-refractivity contribution >= 4 is 11.7 Å². The Bertz CT molecular complexity index is 792. The maximum Gasteiger partial charge on any atom is 0.226 e. The minimum Gasteiger partial charge on any atom is -0.496 e. The van der Waals surface area contributed by atoms with E-state index in [0.717, 1.165) is 46.9 Å². The van der Waals surface area contributed by atoms with Crippen LogP contribution in [0.1, 0.15) is 53.6 Å². The smallest absolute Gasteiger partial charge is 0.226 e. The molecule has 1 aliphatic heterocycles. The molecule has 2 aromatic rings. The molecular formula is C19H25N3O2. The summed E-state index contributed by atoms with van der Waals surface area (Å²) in [7, 11) is 1.69.